The van der Waals surface area contributed by atoms with E-state index >= 15 is 0 Å². The third-order valence-corrected chi connectivity index (χ3v) is 2.27. The van der Waals surface area contributed by atoms with Gasteiger partial charge in [0.15, 0.2) is 0 Å². The zero-order chi connectivity index (χ0) is 13.7. The van der Waals surface area contributed by atoms with Gasteiger partial charge in [0, 0.05) is 16.7 Å². The summed E-state index contributed by atoms with van der Waals surface area (Å²) in [7, 11) is 0. The lowest BCUT2D eigenvalue weighted by Gasteiger charge is -2.16. The molecular weight excluding hydrogens is 242 g/mol. The minimum absolute atomic E-state index is 0.0881. The lowest BCUT2D eigenvalue weighted by molar-refractivity contribution is -0.386. The van der Waals surface area contributed by atoms with Crippen molar-refractivity contribution in [2.24, 2.45) is 5.11 Å². The average Bonchev–Trinajstić information content (AvgIpc) is 2.34. The highest BCUT2D eigenvalue weighted by Gasteiger charge is 2.25. The first-order chi connectivity index (χ1) is 8.47. The molecule has 96 valence electrons. The molecular formula is C9H11N5O4. The van der Waals surface area contributed by atoms with Crippen LogP contribution < -0.4 is 5.73 Å². The molecule has 0 bridgehead atoms. The smallest absolute Gasteiger partial charge is 0.277 e. The van der Waals surface area contributed by atoms with E-state index < -0.39 is 22.8 Å². The van der Waals surface area contributed by atoms with Gasteiger partial charge in [-0.05, 0) is 17.7 Å². The number of benzene rings is 1. The van der Waals surface area contributed by atoms with Gasteiger partial charge in [-0.15, -0.1) is 0 Å². The summed E-state index contributed by atoms with van der Waals surface area (Å²) in [5, 5.41) is 33.1. The summed E-state index contributed by atoms with van der Waals surface area (Å²) in [6.45, 7) is -0.390. The number of azide groups is 1. The van der Waals surface area contributed by atoms with Gasteiger partial charge in [0.2, 0.25) is 0 Å². The second-order valence-corrected chi connectivity index (χ2v) is 3.50. The number of hydrogen-bond donors (Lipinski definition) is 3. The molecule has 2 unspecified atom stereocenters. The van der Waals surface area contributed by atoms with Crippen LogP contribution in [0, 0.1) is 10.1 Å². The molecule has 9 nitrogen and oxygen atoms in total. The number of nitrogens with two attached hydrogens (primary N) is 1. The largest absolute Gasteiger partial charge is 0.399 e. The SMILES string of the molecule is [N-]=[N+]=NCC(O)C(O)c1ccc(N)cc1[N+](=O)[O-]. The summed E-state index contributed by atoms with van der Waals surface area (Å²) in [5.74, 6) is 0. The molecule has 1 aromatic carbocycles. The molecule has 18 heavy (non-hydrogen) atoms. The van der Waals surface area contributed by atoms with Gasteiger partial charge < -0.3 is 15.9 Å². The maximum atomic E-state index is 10.8. The van der Waals surface area contributed by atoms with E-state index in [1.165, 1.54) is 12.1 Å². The Morgan fingerprint density at radius 1 is 1.56 bits per heavy atom. The molecule has 0 fully saturated rings. The van der Waals surface area contributed by atoms with Crippen LogP contribution in [0.25, 0.3) is 10.4 Å². The lowest BCUT2D eigenvalue weighted by Crippen LogP contribution is -2.22. The van der Waals surface area contributed by atoms with Gasteiger partial charge in [0.25, 0.3) is 5.69 Å². The van der Waals surface area contributed by atoms with E-state index in [0.29, 0.717) is 0 Å². The van der Waals surface area contributed by atoms with Crippen molar-refractivity contribution in [2.75, 3.05) is 12.3 Å². The van der Waals surface area contributed by atoms with Gasteiger partial charge in [-0.2, -0.15) is 0 Å². The van der Waals surface area contributed by atoms with Gasteiger partial charge in [0.1, 0.15) is 6.10 Å². The van der Waals surface area contributed by atoms with Crippen LogP contribution in [0.2, 0.25) is 0 Å². The molecule has 1 rings (SSSR count). The Hall–Kier alpha value is -2.35. The van der Waals surface area contributed by atoms with E-state index in [2.05, 4.69) is 10.0 Å². The number of nitro benzene ring substituents is 1. The zero-order valence-electron chi connectivity index (χ0n) is 9.17. The van der Waals surface area contributed by atoms with Gasteiger partial charge in [-0.3, -0.25) is 10.1 Å². The monoisotopic (exact) mass is 253 g/mol. The average molecular weight is 253 g/mol. The molecule has 0 aliphatic heterocycles. The van der Waals surface area contributed by atoms with Gasteiger partial charge in [0.05, 0.1) is 23.1 Å². The number of nitrogens with zero attached hydrogens (tertiary/aromatic N) is 4. The summed E-state index contributed by atoms with van der Waals surface area (Å²) in [5.41, 5.74) is 13.2. The van der Waals surface area contributed by atoms with Gasteiger partial charge in [-0.1, -0.05) is 5.11 Å². The summed E-state index contributed by atoms with van der Waals surface area (Å²) in [6.07, 6.45) is -2.96. The molecule has 0 saturated carbocycles. The van der Waals surface area contributed by atoms with Crippen LogP contribution in [0.5, 0.6) is 0 Å². The van der Waals surface area contributed by atoms with Crippen molar-refractivity contribution in [3.8, 4) is 0 Å². The molecule has 0 saturated heterocycles. The predicted molar refractivity (Wildman–Crippen MR) is 62.5 cm³/mol. The summed E-state index contributed by atoms with van der Waals surface area (Å²) in [4.78, 5) is 12.5. The standard InChI is InChI=1S/C9H11N5O4/c10-5-1-2-6(7(3-5)14(17)18)9(16)8(15)4-12-13-11/h1-3,8-9,15-16H,4,10H2. The minimum Gasteiger partial charge on any atom is -0.399 e. The van der Waals surface area contributed by atoms with Crippen molar-refractivity contribution in [3.05, 3.63) is 44.3 Å². The fourth-order valence-electron chi connectivity index (χ4n) is 1.40. The summed E-state index contributed by atoms with van der Waals surface area (Å²) >= 11 is 0. The fraction of sp³-hybridized carbons (Fsp3) is 0.333. The highest BCUT2D eigenvalue weighted by Crippen LogP contribution is 2.29. The van der Waals surface area contributed by atoms with Crippen LogP contribution in [0.4, 0.5) is 11.4 Å². The Morgan fingerprint density at radius 3 is 2.78 bits per heavy atom. The molecule has 0 aromatic heterocycles. The lowest BCUT2D eigenvalue weighted by atomic mass is 10.0. The molecule has 0 spiro atoms. The van der Waals surface area contributed by atoms with Crippen LogP contribution in [0.15, 0.2) is 23.3 Å². The molecule has 2 atom stereocenters. The molecule has 0 aliphatic carbocycles. The number of rotatable bonds is 5. The first kappa shape index (κ1) is 13.7. The Kier molecular flexibility index (Phi) is 4.44. The first-order valence-electron chi connectivity index (χ1n) is 4.88. The Morgan fingerprint density at radius 2 is 2.22 bits per heavy atom. The van der Waals surface area contributed by atoms with Crippen LogP contribution in [0.1, 0.15) is 11.7 Å². The summed E-state index contributed by atoms with van der Waals surface area (Å²) in [6, 6.07) is 3.70. The van der Waals surface area contributed by atoms with Crippen molar-refractivity contribution in [1.29, 1.82) is 0 Å². The maximum absolute atomic E-state index is 10.8. The highest BCUT2D eigenvalue weighted by atomic mass is 16.6. The minimum atomic E-state index is -1.53. The fourth-order valence-corrected chi connectivity index (χ4v) is 1.40. The maximum Gasteiger partial charge on any atom is 0.277 e. The number of nitro groups is 1. The predicted octanol–water partition coefficient (Wildman–Crippen LogP) is 0.882. The van der Waals surface area contributed by atoms with Crippen molar-refractivity contribution in [1.82, 2.24) is 0 Å². The van der Waals surface area contributed by atoms with E-state index in [0.717, 1.165) is 6.07 Å². The van der Waals surface area contributed by atoms with Crippen LogP contribution >= 0.6 is 0 Å². The Bertz CT molecular complexity index is 500. The second-order valence-electron chi connectivity index (χ2n) is 3.50. The quantitative estimate of drug-likeness (QED) is 0.177. The third-order valence-electron chi connectivity index (χ3n) is 2.27. The first-order valence-corrected chi connectivity index (χ1v) is 4.88. The highest BCUT2D eigenvalue weighted by molar-refractivity contribution is 5.53. The number of nitrogen functional groups attached to an aromatic ring is 1. The Balaban J connectivity index is 3.08. The van der Waals surface area contributed by atoms with E-state index in [1.54, 1.807) is 0 Å². The molecule has 0 aliphatic rings. The number of aliphatic hydroxyl groups excluding tert-OH is 2. The van der Waals surface area contributed by atoms with E-state index in [4.69, 9.17) is 11.3 Å². The normalized spacial score (nSPS) is 13.4. The van der Waals surface area contributed by atoms with Crippen LogP contribution in [0.3, 0.4) is 0 Å². The zero-order valence-corrected chi connectivity index (χ0v) is 9.17. The number of aliphatic hydroxyl groups is 2. The van der Waals surface area contributed by atoms with Crippen molar-refractivity contribution >= 4 is 11.4 Å². The van der Waals surface area contributed by atoms with Crippen molar-refractivity contribution < 1.29 is 15.1 Å². The van der Waals surface area contributed by atoms with Crippen LogP contribution in [-0.2, 0) is 0 Å². The molecule has 9 heteroatoms. The number of hydrogen-bond acceptors (Lipinski definition) is 6. The van der Waals surface area contributed by atoms with Gasteiger partial charge in [-0.25, -0.2) is 0 Å². The molecule has 4 N–H and O–H groups in total. The van der Waals surface area contributed by atoms with E-state index in [9.17, 15) is 20.3 Å². The summed E-state index contributed by atoms with van der Waals surface area (Å²) < 4.78 is 0. The van der Waals surface area contributed by atoms with Crippen LogP contribution in [-0.4, -0.2) is 27.8 Å². The third kappa shape index (κ3) is 3.08. The second kappa shape index (κ2) is 5.82. The molecule has 1 aromatic rings. The van der Waals surface area contributed by atoms with E-state index in [1.807, 2.05) is 0 Å². The van der Waals surface area contributed by atoms with Gasteiger partial charge >= 0.3 is 0 Å². The molecule has 0 amide bonds. The number of anilines is 1. The molecule has 0 radical (unpaired) electrons. The van der Waals surface area contributed by atoms with Crippen molar-refractivity contribution in [2.45, 2.75) is 12.2 Å². The Labute approximate surface area is 101 Å². The molecule has 0 heterocycles. The van der Waals surface area contributed by atoms with E-state index in [-0.39, 0.29) is 17.8 Å². The van der Waals surface area contributed by atoms with Crippen molar-refractivity contribution in [3.63, 3.8) is 0 Å². The topological polar surface area (TPSA) is 158 Å².